The van der Waals surface area contributed by atoms with E-state index in [1.807, 2.05) is 25.1 Å². The van der Waals surface area contributed by atoms with E-state index >= 15 is 0 Å². The largest absolute Gasteiger partial charge is 0.504 e. The molecule has 96 valence electrons. The summed E-state index contributed by atoms with van der Waals surface area (Å²) in [5, 5.41) is 0. The van der Waals surface area contributed by atoms with Crippen LogP contribution in [0.15, 0.2) is 18.2 Å². The topological polar surface area (TPSA) is 36.9 Å². The Morgan fingerprint density at radius 1 is 1.00 bits per heavy atom. The molecule has 0 aromatic heterocycles. The van der Waals surface area contributed by atoms with Crippen LogP contribution in [0.2, 0.25) is 0 Å². The van der Waals surface area contributed by atoms with Crippen molar-refractivity contribution in [2.75, 3.05) is 28.4 Å². The highest BCUT2D eigenvalue weighted by atomic mass is 28.4. The second-order valence-electron chi connectivity index (χ2n) is 3.72. The molecule has 1 aromatic rings. The molecular formula is C12H20O4Si. The van der Waals surface area contributed by atoms with Crippen LogP contribution in [-0.2, 0) is 19.3 Å². The molecule has 4 nitrogen and oxygen atoms in total. The maximum atomic E-state index is 5.42. The van der Waals surface area contributed by atoms with Gasteiger partial charge in [-0.2, -0.15) is 0 Å². The fraction of sp³-hybridized carbons (Fsp3) is 0.500. The molecular weight excluding hydrogens is 236 g/mol. The Morgan fingerprint density at radius 3 is 2.06 bits per heavy atom. The van der Waals surface area contributed by atoms with Gasteiger partial charge < -0.3 is 18.0 Å². The number of hydrogen-bond acceptors (Lipinski definition) is 4. The Kier molecular flexibility index (Phi) is 5.14. The second kappa shape index (κ2) is 6.16. The van der Waals surface area contributed by atoms with Gasteiger partial charge in [-0.25, -0.2) is 0 Å². The summed E-state index contributed by atoms with van der Waals surface area (Å²) in [5.41, 5.74) is 2.22. The van der Waals surface area contributed by atoms with Crippen LogP contribution in [-0.4, -0.2) is 37.2 Å². The Balaban J connectivity index is 3.01. The van der Waals surface area contributed by atoms with E-state index < -0.39 is 8.80 Å². The van der Waals surface area contributed by atoms with Gasteiger partial charge in [0.2, 0.25) is 0 Å². The quantitative estimate of drug-likeness (QED) is 0.729. The molecule has 5 heteroatoms. The first-order valence-corrected chi connectivity index (χ1v) is 7.33. The van der Waals surface area contributed by atoms with Crippen LogP contribution in [0.3, 0.4) is 0 Å². The van der Waals surface area contributed by atoms with Gasteiger partial charge in [0.1, 0.15) is 5.75 Å². The van der Waals surface area contributed by atoms with Crippen molar-refractivity contribution in [3.05, 3.63) is 29.3 Å². The minimum Gasteiger partial charge on any atom is -0.496 e. The van der Waals surface area contributed by atoms with E-state index in [1.54, 1.807) is 28.4 Å². The first-order chi connectivity index (χ1) is 8.12. The predicted molar refractivity (Wildman–Crippen MR) is 68.2 cm³/mol. The molecule has 0 spiro atoms. The maximum absolute atomic E-state index is 5.42. The average Bonchev–Trinajstić information content (AvgIpc) is 2.38. The molecule has 1 aromatic carbocycles. The molecule has 0 unspecified atom stereocenters. The molecule has 0 aliphatic carbocycles. The van der Waals surface area contributed by atoms with Crippen LogP contribution in [0.25, 0.3) is 0 Å². The first-order valence-electron chi connectivity index (χ1n) is 5.40. The van der Waals surface area contributed by atoms with E-state index in [4.69, 9.17) is 18.0 Å². The van der Waals surface area contributed by atoms with Crippen molar-refractivity contribution in [3.8, 4) is 5.75 Å². The van der Waals surface area contributed by atoms with E-state index in [0.717, 1.165) is 16.9 Å². The van der Waals surface area contributed by atoms with Crippen LogP contribution in [0.4, 0.5) is 0 Å². The highest BCUT2D eigenvalue weighted by Gasteiger charge is 2.38. The van der Waals surface area contributed by atoms with Gasteiger partial charge in [0.15, 0.2) is 0 Å². The molecule has 0 fully saturated rings. The fourth-order valence-corrected chi connectivity index (χ4v) is 3.55. The van der Waals surface area contributed by atoms with Crippen molar-refractivity contribution in [1.82, 2.24) is 0 Å². The van der Waals surface area contributed by atoms with Gasteiger partial charge in [-0.1, -0.05) is 12.1 Å². The Morgan fingerprint density at radius 2 is 1.59 bits per heavy atom. The summed E-state index contributed by atoms with van der Waals surface area (Å²) in [4.78, 5) is 0. The number of methoxy groups -OCH3 is 1. The SMILES string of the molecule is COc1cccc(C[Si](OC)(OC)OC)c1C. The lowest BCUT2D eigenvalue weighted by Gasteiger charge is -2.25. The summed E-state index contributed by atoms with van der Waals surface area (Å²) in [5.74, 6) is 0.869. The monoisotopic (exact) mass is 256 g/mol. The van der Waals surface area contributed by atoms with Gasteiger partial charge in [-0.05, 0) is 24.1 Å². The van der Waals surface area contributed by atoms with Gasteiger partial charge in [0.25, 0.3) is 0 Å². The third-order valence-electron chi connectivity index (χ3n) is 2.96. The summed E-state index contributed by atoms with van der Waals surface area (Å²) in [7, 11) is 3.94. The smallest absolute Gasteiger partial charge is 0.496 e. The van der Waals surface area contributed by atoms with Crippen molar-refractivity contribution >= 4 is 8.80 Å². The fourth-order valence-electron chi connectivity index (χ4n) is 1.77. The van der Waals surface area contributed by atoms with E-state index in [-0.39, 0.29) is 0 Å². The third kappa shape index (κ3) is 3.07. The zero-order valence-electron chi connectivity index (χ0n) is 11.1. The highest BCUT2D eigenvalue weighted by molar-refractivity contribution is 6.60. The molecule has 0 aliphatic rings. The number of rotatable bonds is 6. The van der Waals surface area contributed by atoms with Crippen LogP contribution in [0, 0.1) is 6.92 Å². The molecule has 0 heterocycles. The Labute approximate surface area is 104 Å². The van der Waals surface area contributed by atoms with Gasteiger partial charge in [0, 0.05) is 27.4 Å². The van der Waals surface area contributed by atoms with Crippen molar-refractivity contribution in [2.45, 2.75) is 13.0 Å². The lowest BCUT2D eigenvalue weighted by Crippen LogP contribution is -2.45. The van der Waals surface area contributed by atoms with E-state index in [2.05, 4.69) is 0 Å². The highest BCUT2D eigenvalue weighted by Crippen LogP contribution is 2.24. The van der Waals surface area contributed by atoms with Crippen molar-refractivity contribution in [1.29, 1.82) is 0 Å². The van der Waals surface area contributed by atoms with Crippen LogP contribution >= 0.6 is 0 Å². The van der Waals surface area contributed by atoms with Crippen LogP contribution < -0.4 is 4.74 Å². The van der Waals surface area contributed by atoms with Crippen LogP contribution in [0.1, 0.15) is 11.1 Å². The lowest BCUT2D eigenvalue weighted by molar-refractivity contribution is 0.122. The van der Waals surface area contributed by atoms with Crippen molar-refractivity contribution < 1.29 is 18.0 Å². The third-order valence-corrected chi connectivity index (χ3v) is 5.64. The van der Waals surface area contributed by atoms with Gasteiger partial charge >= 0.3 is 8.80 Å². The zero-order chi connectivity index (χ0) is 12.9. The minimum atomic E-state index is -2.58. The van der Waals surface area contributed by atoms with Gasteiger partial charge in [0.05, 0.1) is 7.11 Å². The molecule has 0 saturated carbocycles. The first kappa shape index (κ1) is 14.2. The number of hydrogen-bond donors (Lipinski definition) is 0. The van der Waals surface area contributed by atoms with Crippen molar-refractivity contribution in [3.63, 3.8) is 0 Å². The van der Waals surface area contributed by atoms with Crippen LogP contribution in [0.5, 0.6) is 5.75 Å². The standard InChI is InChI=1S/C12H20O4Si/c1-10-11(7-6-8-12(10)13-2)9-17(14-3,15-4)16-5/h6-8H,9H2,1-5H3. The molecule has 0 bridgehead atoms. The zero-order valence-corrected chi connectivity index (χ0v) is 12.1. The van der Waals surface area contributed by atoms with E-state index in [9.17, 15) is 0 Å². The van der Waals surface area contributed by atoms with E-state index in [0.29, 0.717) is 6.04 Å². The normalized spacial score (nSPS) is 11.6. The summed E-state index contributed by atoms with van der Waals surface area (Å²) in [6.45, 7) is 2.02. The maximum Gasteiger partial charge on any atom is 0.504 e. The Bertz CT molecular complexity index is 355. The molecule has 0 radical (unpaired) electrons. The molecule has 0 atom stereocenters. The van der Waals surface area contributed by atoms with Gasteiger partial charge in [-0.15, -0.1) is 0 Å². The van der Waals surface area contributed by atoms with Gasteiger partial charge in [-0.3, -0.25) is 0 Å². The molecule has 0 saturated heterocycles. The molecule has 17 heavy (non-hydrogen) atoms. The predicted octanol–water partition coefficient (Wildman–Crippen LogP) is 1.96. The van der Waals surface area contributed by atoms with E-state index in [1.165, 1.54) is 0 Å². The minimum absolute atomic E-state index is 0.638. The summed E-state index contributed by atoms with van der Waals surface area (Å²) < 4.78 is 21.6. The lowest BCUT2D eigenvalue weighted by atomic mass is 10.1. The molecule has 0 amide bonds. The molecule has 0 aliphatic heterocycles. The molecule has 1 rings (SSSR count). The van der Waals surface area contributed by atoms with Crippen molar-refractivity contribution in [2.24, 2.45) is 0 Å². The number of benzene rings is 1. The summed E-state index contributed by atoms with van der Waals surface area (Å²) in [6.07, 6.45) is 0. The second-order valence-corrected chi connectivity index (χ2v) is 6.66. The Hall–Kier alpha value is -0.883. The summed E-state index contributed by atoms with van der Waals surface area (Å²) in [6, 6.07) is 6.58. The summed E-state index contributed by atoms with van der Waals surface area (Å²) >= 11 is 0. The molecule has 0 N–H and O–H groups in total. The number of ether oxygens (including phenoxy) is 1. The average molecular weight is 256 g/mol.